The molecule has 68 heavy (non-hydrogen) atoms. The van der Waals surface area contributed by atoms with Gasteiger partial charge in [-0.05, 0) is 128 Å². The molecule has 0 aromatic heterocycles. The zero-order valence-corrected chi connectivity index (χ0v) is 44.1. The van der Waals surface area contributed by atoms with E-state index in [4.69, 9.17) is 18.9 Å². The lowest BCUT2D eigenvalue weighted by atomic mass is 10.0. The number of alkyl carbamates (subject to hydrolysis) is 1. The zero-order valence-electron chi connectivity index (χ0n) is 44.1. The van der Waals surface area contributed by atoms with Crippen LogP contribution in [0.5, 0.6) is 0 Å². The second kappa shape index (κ2) is 47.3. The molecular formula is C58H102N2O8. The Bertz CT molecular complexity index is 1270. The number of likely N-dealkylation sites (tertiary alicyclic amines) is 1. The Kier molecular flexibility index (Phi) is 43.5. The first-order chi connectivity index (χ1) is 33.2. The molecule has 1 saturated heterocycles. The topological polar surface area (TPSA) is 120 Å². The number of amides is 1. The molecule has 10 nitrogen and oxygen atoms in total. The summed E-state index contributed by atoms with van der Waals surface area (Å²) in [4.78, 5) is 54.0. The van der Waals surface area contributed by atoms with Crippen molar-refractivity contribution in [2.75, 3.05) is 39.4 Å². The van der Waals surface area contributed by atoms with Gasteiger partial charge in [0.1, 0.15) is 19.3 Å². The van der Waals surface area contributed by atoms with Crippen molar-refractivity contribution in [3.8, 4) is 0 Å². The van der Waals surface area contributed by atoms with Crippen molar-refractivity contribution in [3.05, 3.63) is 48.6 Å². The van der Waals surface area contributed by atoms with Crippen molar-refractivity contribution >= 4 is 24.0 Å². The first-order valence-electron chi connectivity index (χ1n) is 28.0. The quantitative estimate of drug-likeness (QED) is 0.0275. The minimum absolute atomic E-state index is 0.0219. The molecule has 1 heterocycles. The molecule has 0 radical (unpaired) electrons. The summed E-state index contributed by atoms with van der Waals surface area (Å²) in [5.74, 6) is -0.572. The highest BCUT2D eigenvalue weighted by atomic mass is 16.6. The molecule has 1 fully saturated rings. The van der Waals surface area contributed by atoms with Crippen molar-refractivity contribution in [2.45, 2.75) is 252 Å². The largest absolute Gasteiger partial charge is 0.462 e. The van der Waals surface area contributed by atoms with Gasteiger partial charge in [-0.25, -0.2) is 4.79 Å². The van der Waals surface area contributed by atoms with E-state index in [1.54, 1.807) is 0 Å². The van der Waals surface area contributed by atoms with Gasteiger partial charge in [0.25, 0.3) is 0 Å². The summed E-state index contributed by atoms with van der Waals surface area (Å²) in [5, 5.41) is 2.89. The normalized spacial score (nSPS) is 13.8. The van der Waals surface area contributed by atoms with Crippen LogP contribution in [0.25, 0.3) is 0 Å². The lowest BCUT2D eigenvalue weighted by Gasteiger charge is -2.21. The molecule has 392 valence electrons. The molecule has 0 aromatic rings. The van der Waals surface area contributed by atoms with Crippen LogP contribution in [-0.4, -0.2) is 80.5 Å². The molecule has 1 N–H and O–H groups in total. The van der Waals surface area contributed by atoms with Crippen LogP contribution in [0.2, 0.25) is 0 Å². The van der Waals surface area contributed by atoms with Gasteiger partial charge in [-0.15, -0.1) is 0 Å². The average molecular weight is 955 g/mol. The van der Waals surface area contributed by atoms with Gasteiger partial charge < -0.3 is 29.2 Å². The maximum absolute atomic E-state index is 13.3. The maximum Gasteiger partial charge on any atom is 0.407 e. The van der Waals surface area contributed by atoms with Gasteiger partial charge >= 0.3 is 24.0 Å². The second-order valence-electron chi connectivity index (χ2n) is 19.5. The molecule has 1 rings (SSSR count). The van der Waals surface area contributed by atoms with E-state index in [0.29, 0.717) is 25.3 Å². The molecule has 1 unspecified atom stereocenters. The predicted molar refractivity (Wildman–Crippen MR) is 282 cm³/mol. The molecule has 1 aliphatic heterocycles. The summed E-state index contributed by atoms with van der Waals surface area (Å²) < 4.78 is 22.8. The smallest absolute Gasteiger partial charge is 0.407 e. The predicted octanol–water partition coefficient (Wildman–Crippen LogP) is 15.2. The number of carbonyl (C=O) groups is 4. The Morgan fingerprint density at radius 3 is 1.44 bits per heavy atom. The molecule has 1 atom stereocenters. The molecule has 0 saturated carbocycles. The Balaban J connectivity index is 2.59. The number of rotatable bonds is 46. The highest BCUT2D eigenvalue weighted by molar-refractivity contribution is 5.71. The molecule has 0 spiro atoms. The molecule has 0 bridgehead atoms. The second-order valence-corrected chi connectivity index (χ2v) is 19.5. The van der Waals surface area contributed by atoms with Crippen LogP contribution in [0.1, 0.15) is 240 Å². The first-order valence-corrected chi connectivity index (χ1v) is 28.0. The summed E-state index contributed by atoms with van der Waals surface area (Å²) in [6, 6.07) is 0. The summed E-state index contributed by atoms with van der Waals surface area (Å²) in [6.07, 6.45) is 48.6. The number of unbranched alkanes of at least 4 members (excludes halogenated alkanes) is 18. The number of nitrogens with one attached hydrogen (secondary N) is 1. The highest BCUT2D eigenvalue weighted by Crippen LogP contribution is 2.17. The van der Waals surface area contributed by atoms with Crippen LogP contribution in [-0.2, 0) is 33.3 Å². The Morgan fingerprint density at radius 1 is 0.485 bits per heavy atom. The van der Waals surface area contributed by atoms with Crippen LogP contribution in [0.15, 0.2) is 48.6 Å². The Hall–Kier alpha value is -3.40. The van der Waals surface area contributed by atoms with Crippen molar-refractivity contribution in [3.63, 3.8) is 0 Å². The average Bonchev–Trinajstić information content (AvgIpc) is 3.85. The molecule has 10 heteroatoms. The maximum atomic E-state index is 13.3. The third kappa shape index (κ3) is 42.7. The minimum atomic E-state index is -0.922. The monoisotopic (exact) mass is 955 g/mol. The van der Waals surface area contributed by atoms with E-state index < -0.39 is 24.3 Å². The van der Waals surface area contributed by atoms with Gasteiger partial charge in [-0.3, -0.25) is 14.4 Å². The lowest BCUT2D eigenvalue weighted by molar-refractivity contribution is -0.167. The van der Waals surface area contributed by atoms with Crippen LogP contribution in [0, 0.1) is 5.92 Å². The molecule has 0 aromatic carbocycles. The number of ether oxygens (including phenoxy) is 4. The zero-order chi connectivity index (χ0) is 49.4. The first kappa shape index (κ1) is 62.6. The van der Waals surface area contributed by atoms with Crippen molar-refractivity contribution in [1.82, 2.24) is 10.2 Å². The molecule has 1 amide bonds. The fourth-order valence-electron chi connectivity index (χ4n) is 8.20. The van der Waals surface area contributed by atoms with Gasteiger partial charge in [-0.1, -0.05) is 160 Å². The summed E-state index contributed by atoms with van der Waals surface area (Å²) in [5.41, 5.74) is 0. The van der Waals surface area contributed by atoms with Crippen LogP contribution in [0.3, 0.4) is 0 Å². The van der Waals surface area contributed by atoms with Gasteiger partial charge in [0, 0.05) is 32.4 Å². The summed E-state index contributed by atoms with van der Waals surface area (Å²) >= 11 is 0. The minimum Gasteiger partial charge on any atom is -0.462 e. The van der Waals surface area contributed by atoms with Crippen LogP contribution in [0.4, 0.5) is 4.79 Å². The highest BCUT2D eigenvalue weighted by Gasteiger charge is 2.22. The number of allylic oxidation sites excluding steroid dienone is 8. The van der Waals surface area contributed by atoms with E-state index in [-0.39, 0.29) is 44.4 Å². The Labute approximate surface area is 416 Å². The van der Waals surface area contributed by atoms with Crippen LogP contribution >= 0.6 is 0 Å². The van der Waals surface area contributed by atoms with Crippen LogP contribution < -0.4 is 5.32 Å². The number of carbonyl (C=O) groups excluding carboxylic acids is 4. The third-order valence-electron chi connectivity index (χ3n) is 12.5. The van der Waals surface area contributed by atoms with Crippen molar-refractivity contribution in [1.29, 1.82) is 0 Å². The number of esters is 3. The van der Waals surface area contributed by atoms with Crippen molar-refractivity contribution in [2.24, 2.45) is 5.92 Å². The van der Waals surface area contributed by atoms with E-state index in [2.05, 4.69) is 86.5 Å². The standard InChI is InChI=1S/C58H102N2O8/c1-5-7-9-11-13-15-17-19-21-23-25-27-29-31-36-42-55(61)65-50-54(51-66-56(62)43-37-32-30-28-26-24-22-20-18-16-14-12-10-8-6-2)67-57(63)45-44-53(41-35-33-34-40-52(3)4)68-58(64)59-46-49-60-47-38-39-48-60/h13-16,19-22,52-54H,5-12,17-18,23-51H2,1-4H3,(H,59,64)/b15-13-,16-14-,21-19-,22-20-. The van der Waals surface area contributed by atoms with E-state index in [9.17, 15) is 19.2 Å². The SMILES string of the molecule is CCCCC/C=C\C/C=C\CCCCCCCC(=O)OCC(COC(=O)CCCCCCC/C=C\C/C=C\CCCCC)OC(=O)CCC(CCCCCC(C)C)OC(=O)NCCN1CCCC1. The molecular weight excluding hydrogens is 853 g/mol. The van der Waals surface area contributed by atoms with E-state index in [1.807, 2.05) is 0 Å². The van der Waals surface area contributed by atoms with Gasteiger partial charge in [0.15, 0.2) is 6.10 Å². The van der Waals surface area contributed by atoms with Gasteiger partial charge in [0.05, 0.1) is 0 Å². The van der Waals surface area contributed by atoms with E-state index in [0.717, 1.165) is 135 Å². The van der Waals surface area contributed by atoms with Gasteiger partial charge in [-0.2, -0.15) is 0 Å². The van der Waals surface area contributed by atoms with Gasteiger partial charge in [0.2, 0.25) is 0 Å². The van der Waals surface area contributed by atoms with E-state index >= 15 is 0 Å². The third-order valence-corrected chi connectivity index (χ3v) is 12.5. The molecule has 1 aliphatic rings. The summed E-state index contributed by atoms with van der Waals surface area (Å²) in [6.45, 7) is 12.0. The summed E-state index contributed by atoms with van der Waals surface area (Å²) in [7, 11) is 0. The Morgan fingerprint density at radius 2 is 0.941 bits per heavy atom. The number of hydrogen-bond acceptors (Lipinski definition) is 9. The van der Waals surface area contributed by atoms with E-state index in [1.165, 1.54) is 64.2 Å². The number of hydrogen-bond donors (Lipinski definition) is 1. The number of nitrogens with zero attached hydrogens (tertiary/aromatic N) is 1. The molecule has 0 aliphatic carbocycles. The van der Waals surface area contributed by atoms with Crippen molar-refractivity contribution < 1.29 is 38.1 Å². The fraction of sp³-hybridized carbons (Fsp3) is 0.793. The fourth-order valence-corrected chi connectivity index (χ4v) is 8.20. The lowest BCUT2D eigenvalue weighted by Crippen LogP contribution is -2.36.